The average molecular weight is 220 g/mol. The number of rotatable bonds is 1. The summed E-state index contributed by atoms with van der Waals surface area (Å²) >= 11 is 0. The van der Waals surface area contributed by atoms with Crippen LogP contribution in [0.3, 0.4) is 0 Å². The van der Waals surface area contributed by atoms with Crippen LogP contribution in [0.25, 0.3) is 0 Å². The molecule has 3 atom stereocenters. The van der Waals surface area contributed by atoms with E-state index in [2.05, 4.69) is 18.8 Å². The Bertz CT molecular complexity index is 385. The van der Waals surface area contributed by atoms with Gasteiger partial charge in [-0.1, -0.05) is 6.92 Å². The normalized spacial score (nSPS) is 34.0. The Labute approximate surface area is 96.6 Å². The van der Waals surface area contributed by atoms with Crippen molar-refractivity contribution in [3.63, 3.8) is 0 Å². The first kappa shape index (κ1) is 10.3. The number of aryl methyl sites for hydroxylation is 1. The number of H-pyrrole nitrogens is 1. The molecule has 2 aliphatic rings. The first-order chi connectivity index (χ1) is 7.74. The molecule has 88 valence electrons. The SMILES string of the molecule is CC1CC(c2nc3c([nH]2)CCCC3C)CO1. The van der Waals surface area contributed by atoms with Crippen LogP contribution in [0.1, 0.15) is 62.2 Å². The van der Waals surface area contributed by atoms with Crippen molar-refractivity contribution in [3.8, 4) is 0 Å². The maximum absolute atomic E-state index is 5.62. The highest BCUT2D eigenvalue weighted by Crippen LogP contribution is 2.33. The molecule has 1 saturated heterocycles. The Kier molecular flexibility index (Phi) is 2.51. The number of nitrogens with one attached hydrogen (secondary N) is 1. The van der Waals surface area contributed by atoms with Crippen molar-refractivity contribution in [2.24, 2.45) is 0 Å². The van der Waals surface area contributed by atoms with Gasteiger partial charge >= 0.3 is 0 Å². The van der Waals surface area contributed by atoms with Gasteiger partial charge in [0.15, 0.2) is 0 Å². The third-order valence-corrected chi connectivity index (χ3v) is 3.94. The number of imidazole rings is 1. The fourth-order valence-corrected chi connectivity index (χ4v) is 2.96. The third kappa shape index (κ3) is 1.67. The summed E-state index contributed by atoms with van der Waals surface area (Å²) < 4.78 is 5.62. The Morgan fingerprint density at radius 1 is 1.38 bits per heavy atom. The summed E-state index contributed by atoms with van der Waals surface area (Å²) in [5.41, 5.74) is 2.70. The van der Waals surface area contributed by atoms with Crippen LogP contribution in [0.4, 0.5) is 0 Å². The van der Waals surface area contributed by atoms with Crippen molar-refractivity contribution < 1.29 is 4.74 Å². The van der Waals surface area contributed by atoms with E-state index in [9.17, 15) is 0 Å². The van der Waals surface area contributed by atoms with Crippen molar-refractivity contribution in [2.45, 2.75) is 57.5 Å². The highest BCUT2D eigenvalue weighted by molar-refractivity contribution is 5.23. The van der Waals surface area contributed by atoms with Gasteiger partial charge in [-0.3, -0.25) is 0 Å². The molecule has 0 bridgehead atoms. The van der Waals surface area contributed by atoms with Crippen LogP contribution < -0.4 is 0 Å². The number of hydrogen-bond acceptors (Lipinski definition) is 2. The second-order valence-electron chi connectivity index (χ2n) is 5.36. The molecule has 1 aromatic heterocycles. The molecule has 0 aromatic carbocycles. The van der Waals surface area contributed by atoms with Crippen LogP contribution in [0.5, 0.6) is 0 Å². The molecule has 0 spiro atoms. The molecule has 1 N–H and O–H groups in total. The van der Waals surface area contributed by atoms with Crippen molar-refractivity contribution in [3.05, 3.63) is 17.2 Å². The van der Waals surface area contributed by atoms with Crippen LogP contribution in [-0.4, -0.2) is 22.7 Å². The molecule has 16 heavy (non-hydrogen) atoms. The van der Waals surface area contributed by atoms with E-state index in [1.165, 1.54) is 36.5 Å². The zero-order valence-corrected chi connectivity index (χ0v) is 10.1. The van der Waals surface area contributed by atoms with Crippen LogP contribution in [0.2, 0.25) is 0 Å². The molecule has 3 unspecified atom stereocenters. The van der Waals surface area contributed by atoms with Gasteiger partial charge in [0.2, 0.25) is 0 Å². The smallest absolute Gasteiger partial charge is 0.112 e. The van der Waals surface area contributed by atoms with Crippen molar-refractivity contribution in [2.75, 3.05) is 6.61 Å². The quantitative estimate of drug-likeness (QED) is 0.790. The summed E-state index contributed by atoms with van der Waals surface area (Å²) in [4.78, 5) is 8.35. The molecule has 1 aromatic rings. The van der Waals surface area contributed by atoms with Crippen molar-refractivity contribution >= 4 is 0 Å². The Morgan fingerprint density at radius 3 is 2.94 bits per heavy atom. The fourth-order valence-electron chi connectivity index (χ4n) is 2.96. The number of hydrogen-bond donors (Lipinski definition) is 1. The van der Waals surface area contributed by atoms with Crippen LogP contribution in [0, 0.1) is 0 Å². The van der Waals surface area contributed by atoms with Gasteiger partial charge in [0, 0.05) is 17.5 Å². The lowest BCUT2D eigenvalue weighted by molar-refractivity contribution is 0.123. The summed E-state index contributed by atoms with van der Waals surface area (Å²) in [7, 11) is 0. The van der Waals surface area contributed by atoms with E-state index in [1.807, 2.05) is 0 Å². The van der Waals surface area contributed by atoms with Gasteiger partial charge in [0.1, 0.15) is 5.82 Å². The van der Waals surface area contributed by atoms with Gasteiger partial charge in [-0.25, -0.2) is 4.98 Å². The molecule has 1 fully saturated rings. The number of ether oxygens (including phenoxy) is 1. The summed E-state index contributed by atoms with van der Waals surface area (Å²) in [6.07, 6.45) is 5.27. The lowest BCUT2D eigenvalue weighted by Crippen LogP contribution is -2.05. The van der Waals surface area contributed by atoms with Crippen LogP contribution in [-0.2, 0) is 11.2 Å². The minimum absolute atomic E-state index is 0.393. The zero-order chi connectivity index (χ0) is 11.1. The number of nitrogens with zero attached hydrogens (tertiary/aromatic N) is 1. The molecule has 3 rings (SSSR count). The van der Waals surface area contributed by atoms with Gasteiger partial charge < -0.3 is 9.72 Å². The molecule has 2 heterocycles. The van der Waals surface area contributed by atoms with Gasteiger partial charge in [-0.2, -0.15) is 0 Å². The molecule has 1 aliphatic carbocycles. The van der Waals surface area contributed by atoms with E-state index in [0.29, 0.717) is 17.9 Å². The lowest BCUT2D eigenvalue weighted by Gasteiger charge is -2.15. The van der Waals surface area contributed by atoms with E-state index in [1.54, 1.807) is 0 Å². The number of aromatic amines is 1. The molecular weight excluding hydrogens is 200 g/mol. The van der Waals surface area contributed by atoms with E-state index in [4.69, 9.17) is 9.72 Å². The fraction of sp³-hybridized carbons (Fsp3) is 0.769. The summed E-state index contributed by atoms with van der Waals surface area (Å²) in [6, 6.07) is 0. The molecular formula is C13H20N2O. The monoisotopic (exact) mass is 220 g/mol. The predicted molar refractivity (Wildman–Crippen MR) is 62.7 cm³/mol. The highest BCUT2D eigenvalue weighted by atomic mass is 16.5. The molecule has 0 saturated carbocycles. The van der Waals surface area contributed by atoms with Crippen molar-refractivity contribution in [1.29, 1.82) is 0 Å². The maximum atomic E-state index is 5.62. The van der Waals surface area contributed by atoms with Gasteiger partial charge in [0.25, 0.3) is 0 Å². The Balaban J connectivity index is 1.86. The van der Waals surface area contributed by atoms with Crippen LogP contribution >= 0.6 is 0 Å². The highest BCUT2D eigenvalue weighted by Gasteiger charge is 2.28. The standard InChI is InChI=1S/C13H20N2O/c1-8-4-3-5-11-12(8)15-13(14-11)10-6-9(2)16-7-10/h8-10H,3-7H2,1-2H3,(H,14,15). The van der Waals surface area contributed by atoms with E-state index >= 15 is 0 Å². The van der Waals surface area contributed by atoms with E-state index in [-0.39, 0.29) is 0 Å². The molecule has 3 nitrogen and oxygen atoms in total. The molecule has 3 heteroatoms. The summed E-state index contributed by atoms with van der Waals surface area (Å²) in [6.45, 7) is 5.27. The summed E-state index contributed by atoms with van der Waals surface area (Å²) in [5.74, 6) is 2.30. The maximum Gasteiger partial charge on any atom is 0.112 e. The second kappa shape index (κ2) is 3.88. The predicted octanol–water partition coefficient (Wildman–Crippen LogP) is 2.74. The topological polar surface area (TPSA) is 37.9 Å². The van der Waals surface area contributed by atoms with Crippen LogP contribution in [0.15, 0.2) is 0 Å². The molecule has 0 radical (unpaired) electrons. The Morgan fingerprint density at radius 2 is 2.25 bits per heavy atom. The minimum atomic E-state index is 0.393. The zero-order valence-electron chi connectivity index (χ0n) is 10.1. The van der Waals surface area contributed by atoms with Gasteiger partial charge in [-0.15, -0.1) is 0 Å². The third-order valence-electron chi connectivity index (χ3n) is 3.94. The van der Waals surface area contributed by atoms with Gasteiger partial charge in [-0.05, 0) is 32.6 Å². The number of aromatic nitrogens is 2. The molecule has 1 aliphatic heterocycles. The van der Waals surface area contributed by atoms with E-state index < -0.39 is 0 Å². The largest absolute Gasteiger partial charge is 0.378 e. The lowest BCUT2D eigenvalue weighted by atomic mass is 9.92. The first-order valence-corrected chi connectivity index (χ1v) is 6.44. The van der Waals surface area contributed by atoms with E-state index in [0.717, 1.165) is 13.0 Å². The summed E-state index contributed by atoms with van der Waals surface area (Å²) in [5, 5.41) is 0. The average Bonchev–Trinajstić information content (AvgIpc) is 2.84. The van der Waals surface area contributed by atoms with Crippen molar-refractivity contribution in [1.82, 2.24) is 9.97 Å². The minimum Gasteiger partial charge on any atom is -0.378 e. The number of fused-ring (bicyclic) bond motifs is 1. The second-order valence-corrected chi connectivity index (χ2v) is 5.36. The Hall–Kier alpha value is -0.830. The van der Waals surface area contributed by atoms with Gasteiger partial charge in [0.05, 0.1) is 18.4 Å². The first-order valence-electron chi connectivity index (χ1n) is 6.44. The molecule has 0 amide bonds.